The summed E-state index contributed by atoms with van der Waals surface area (Å²) in [5.74, 6) is 1.27. The van der Waals surface area contributed by atoms with Crippen molar-refractivity contribution in [1.82, 2.24) is 9.71 Å². The maximum absolute atomic E-state index is 13.0. The van der Waals surface area contributed by atoms with Crippen LogP contribution >= 0.6 is 0 Å². The summed E-state index contributed by atoms with van der Waals surface area (Å²) in [5, 5.41) is 0.700. The van der Waals surface area contributed by atoms with E-state index in [1.165, 1.54) is 20.3 Å². The van der Waals surface area contributed by atoms with E-state index in [9.17, 15) is 21.6 Å². The number of pyridine rings is 1. The van der Waals surface area contributed by atoms with Crippen molar-refractivity contribution in [2.24, 2.45) is 5.92 Å². The largest absolute Gasteiger partial charge is 0.573 e. The van der Waals surface area contributed by atoms with Crippen molar-refractivity contribution < 1.29 is 40.5 Å². The Kier molecular flexibility index (Phi) is 7.91. The van der Waals surface area contributed by atoms with Gasteiger partial charge >= 0.3 is 6.36 Å². The molecule has 0 spiro atoms. The summed E-state index contributed by atoms with van der Waals surface area (Å²) in [5.41, 5.74) is 0.976. The number of methoxy groups -OCH3 is 2. The van der Waals surface area contributed by atoms with Crippen LogP contribution in [0.1, 0.15) is 32.6 Å². The minimum absolute atomic E-state index is 0.102. The van der Waals surface area contributed by atoms with Crippen molar-refractivity contribution >= 4 is 20.9 Å². The number of nitrogens with zero attached hydrogens (tertiary/aromatic N) is 1. The maximum Gasteiger partial charge on any atom is 0.573 e. The normalized spacial score (nSPS) is 18.1. The lowest BCUT2D eigenvalue weighted by Crippen LogP contribution is -2.29. The molecule has 4 rings (SSSR count). The van der Waals surface area contributed by atoms with Crippen LogP contribution in [0.2, 0.25) is 0 Å². The molecule has 1 heterocycles. The number of hydrogen-bond acceptors (Lipinski definition) is 7. The second-order valence-electron chi connectivity index (χ2n) is 8.59. The fraction of sp³-hybridized carbons (Fsp3) is 0.346. The highest BCUT2D eigenvalue weighted by atomic mass is 32.2. The van der Waals surface area contributed by atoms with Crippen LogP contribution in [0.15, 0.2) is 70.8 Å². The smallest absolute Gasteiger partial charge is 0.493 e. The molecule has 2 aliphatic carbocycles. The summed E-state index contributed by atoms with van der Waals surface area (Å²) in [7, 11) is -1.21. The highest BCUT2D eigenvalue weighted by Crippen LogP contribution is 2.38. The zero-order valence-electron chi connectivity index (χ0n) is 21.0. The Hall–Kier alpha value is -3.67. The quantitative estimate of drug-likeness (QED) is 0.417. The Bertz CT molecular complexity index is 1440. The third kappa shape index (κ3) is 6.07. The Morgan fingerprint density at radius 3 is 2.53 bits per heavy atom. The highest BCUT2D eigenvalue weighted by molar-refractivity contribution is 7.93. The van der Waals surface area contributed by atoms with Crippen LogP contribution < -0.4 is 18.9 Å². The fourth-order valence-electron chi connectivity index (χ4n) is 4.29. The third-order valence-electron chi connectivity index (χ3n) is 6.14. The lowest BCUT2D eigenvalue weighted by atomic mass is 9.94. The molecule has 0 bridgehead atoms. The Labute approximate surface area is 218 Å². The number of alkyl halides is 3. The van der Waals surface area contributed by atoms with Crippen molar-refractivity contribution in [2.45, 2.75) is 39.0 Å². The number of nitrogens with one attached hydrogen (secondary N) is 1. The zero-order valence-corrected chi connectivity index (χ0v) is 21.8. The summed E-state index contributed by atoms with van der Waals surface area (Å²) in [6.45, 7) is 1.93. The molecular formula is C26H27F3N2O6S. The monoisotopic (exact) mass is 552 g/mol. The Balaban J connectivity index is 1.61. The van der Waals surface area contributed by atoms with Crippen molar-refractivity contribution in [3.8, 4) is 17.2 Å². The lowest BCUT2D eigenvalue weighted by Gasteiger charge is -2.26. The molecule has 1 aromatic carbocycles. The second kappa shape index (κ2) is 11.0. The van der Waals surface area contributed by atoms with Gasteiger partial charge in [-0.05, 0) is 56.0 Å². The average molecular weight is 553 g/mol. The number of sulfonamides is 1. The lowest BCUT2D eigenvalue weighted by molar-refractivity contribution is -0.303. The third-order valence-corrected chi connectivity index (χ3v) is 7.73. The summed E-state index contributed by atoms with van der Waals surface area (Å²) in [6.07, 6.45) is 3.37. The van der Waals surface area contributed by atoms with Crippen LogP contribution in [0.4, 0.5) is 13.2 Å². The molecule has 0 saturated carbocycles. The van der Waals surface area contributed by atoms with Gasteiger partial charge in [-0.25, -0.2) is 8.42 Å². The van der Waals surface area contributed by atoms with Crippen LogP contribution in [-0.4, -0.2) is 34.0 Å². The van der Waals surface area contributed by atoms with Gasteiger partial charge in [0.1, 0.15) is 22.2 Å². The van der Waals surface area contributed by atoms with E-state index in [4.69, 9.17) is 14.2 Å². The molecule has 0 aliphatic heterocycles. The van der Waals surface area contributed by atoms with Crippen LogP contribution in [0, 0.1) is 5.92 Å². The molecule has 0 amide bonds. The van der Waals surface area contributed by atoms with E-state index in [2.05, 4.69) is 14.4 Å². The molecule has 8 nitrogen and oxygen atoms in total. The topological polar surface area (TPSA) is 96.0 Å². The average Bonchev–Trinajstić information content (AvgIpc) is 2.88. The van der Waals surface area contributed by atoms with E-state index in [1.807, 2.05) is 6.92 Å². The van der Waals surface area contributed by atoms with Gasteiger partial charge in [0, 0.05) is 29.3 Å². The molecule has 0 fully saturated rings. The first kappa shape index (κ1) is 27.4. The first-order valence-electron chi connectivity index (χ1n) is 11.8. The molecule has 38 heavy (non-hydrogen) atoms. The van der Waals surface area contributed by atoms with Crippen molar-refractivity contribution in [1.29, 1.82) is 0 Å². The molecule has 2 aromatic rings. The summed E-state index contributed by atoms with van der Waals surface area (Å²) in [6, 6.07) is 5.23. The first-order chi connectivity index (χ1) is 18.0. The van der Waals surface area contributed by atoms with E-state index < -0.39 is 27.0 Å². The summed E-state index contributed by atoms with van der Waals surface area (Å²) >= 11 is 0. The van der Waals surface area contributed by atoms with Gasteiger partial charge in [-0.1, -0.05) is 13.0 Å². The van der Waals surface area contributed by atoms with E-state index in [-0.39, 0.29) is 25.2 Å². The number of ether oxygens (including phenoxy) is 4. The van der Waals surface area contributed by atoms with Crippen LogP contribution in [0.25, 0.3) is 10.9 Å². The molecule has 204 valence electrons. The minimum Gasteiger partial charge on any atom is -0.493 e. The van der Waals surface area contributed by atoms with Crippen LogP contribution in [-0.2, 0) is 14.8 Å². The molecule has 1 N–H and O–H groups in total. The number of rotatable bonds is 9. The van der Waals surface area contributed by atoms with Crippen molar-refractivity contribution in [2.75, 3.05) is 14.2 Å². The van der Waals surface area contributed by atoms with Gasteiger partial charge in [0.15, 0.2) is 11.5 Å². The number of benzene rings is 1. The molecule has 2 aliphatic rings. The van der Waals surface area contributed by atoms with Crippen molar-refractivity contribution in [3.63, 3.8) is 0 Å². The van der Waals surface area contributed by atoms with E-state index in [0.717, 1.165) is 6.08 Å². The van der Waals surface area contributed by atoms with Gasteiger partial charge in [-0.3, -0.25) is 9.71 Å². The number of aromatic nitrogens is 1. The van der Waals surface area contributed by atoms with Gasteiger partial charge in [0.05, 0.1) is 19.7 Å². The molecular weight excluding hydrogens is 525 g/mol. The molecule has 1 unspecified atom stereocenters. The molecule has 12 heteroatoms. The summed E-state index contributed by atoms with van der Waals surface area (Å²) in [4.78, 5) is 3.93. The number of hydrogen-bond donors (Lipinski definition) is 1. The fourth-order valence-corrected chi connectivity index (χ4v) is 5.67. The number of halogens is 3. The van der Waals surface area contributed by atoms with Gasteiger partial charge in [-0.2, -0.15) is 0 Å². The van der Waals surface area contributed by atoms with E-state index in [1.54, 1.807) is 36.5 Å². The van der Waals surface area contributed by atoms with E-state index >= 15 is 0 Å². The SMILES string of the molecule is CCC1CC(NS(=O)(=O)C2=C(OC(F)(F)F)C=CCC2)=CC=C1Oc1ccnc2cc(OC)c(OC)cc12. The number of fused-ring (bicyclic) bond motifs is 1. The Morgan fingerprint density at radius 2 is 1.84 bits per heavy atom. The Morgan fingerprint density at radius 1 is 1.11 bits per heavy atom. The van der Waals surface area contributed by atoms with Gasteiger partial charge in [-0.15, -0.1) is 13.2 Å². The standard InChI is InChI=1S/C26H27F3N2O6S/c1-4-16-13-17(31-38(32,33)25-8-6-5-7-22(25)37-26(27,28)29)9-10-20(16)36-21-11-12-30-19-15-24(35-3)23(34-2)14-18(19)21/h5,7,9-12,14-16,31H,4,6,8,13H2,1-3H3. The zero-order chi connectivity index (χ0) is 27.5. The predicted octanol–water partition coefficient (Wildman–Crippen LogP) is 5.85. The number of allylic oxidation sites excluding steroid dienone is 7. The van der Waals surface area contributed by atoms with Crippen LogP contribution in [0.3, 0.4) is 0 Å². The van der Waals surface area contributed by atoms with Crippen molar-refractivity contribution in [3.05, 3.63) is 70.8 Å². The van der Waals surface area contributed by atoms with Crippen LogP contribution in [0.5, 0.6) is 17.2 Å². The molecule has 1 atom stereocenters. The van der Waals surface area contributed by atoms with Gasteiger partial charge < -0.3 is 18.9 Å². The second-order valence-corrected chi connectivity index (χ2v) is 10.3. The first-order valence-corrected chi connectivity index (χ1v) is 13.3. The minimum atomic E-state index is -5.00. The van der Waals surface area contributed by atoms with E-state index in [0.29, 0.717) is 46.0 Å². The maximum atomic E-state index is 13.0. The van der Waals surface area contributed by atoms with Gasteiger partial charge in [0.25, 0.3) is 10.0 Å². The molecule has 0 radical (unpaired) electrons. The predicted molar refractivity (Wildman–Crippen MR) is 135 cm³/mol. The summed E-state index contributed by atoms with van der Waals surface area (Å²) < 4.78 is 87.8. The molecule has 0 saturated heterocycles. The highest BCUT2D eigenvalue weighted by Gasteiger charge is 2.36. The van der Waals surface area contributed by atoms with Gasteiger partial charge in [0.2, 0.25) is 0 Å². The molecule has 1 aromatic heterocycles.